The Hall–Kier alpha value is -0.650. The van der Waals surface area contributed by atoms with Gasteiger partial charge in [-0.3, -0.25) is 4.79 Å². The minimum Gasteiger partial charge on any atom is -0.459 e. The maximum absolute atomic E-state index is 11.8. The molecule has 1 rings (SSSR count). The minimum atomic E-state index is -0.987. The molecule has 0 aliphatic heterocycles. The molecule has 5 nitrogen and oxygen atoms in total. The first kappa shape index (κ1) is 13.4. The highest BCUT2D eigenvalue weighted by molar-refractivity contribution is 5.82. The molecule has 94 valence electrons. The highest BCUT2D eigenvalue weighted by Crippen LogP contribution is 2.43. The van der Waals surface area contributed by atoms with E-state index in [1.807, 2.05) is 20.8 Å². The van der Waals surface area contributed by atoms with E-state index in [2.05, 4.69) is 0 Å². The summed E-state index contributed by atoms with van der Waals surface area (Å²) in [4.78, 5) is 11.8. The summed E-state index contributed by atoms with van der Waals surface area (Å²) in [6, 6.07) is 0. The largest absolute Gasteiger partial charge is 0.459 e. The van der Waals surface area contributed by atoms with Crippen molar-refractivity contribution < 1.29 is 19.0 Å². The van der Waals surface area contributed by atoms with Gasteiger partial charge in [0.2, 0.25) is 0 Å². The van der Waals surface area contributed by atoms with Crippen LogP contribution in [-0.4, -0.2) is 37.1 Å². The monoisotopic (exact) mass is 231 g/mol. The summed E-state index contributed by atoms with van der Waals surface area (Å²) in [5.74, 6) is -1.13. The highest BCUT2D eigenvalue weighted by atomic mass is 16.7. The van der Waals surface area contributed by atoms with Crippen LogP contribution in [0.15, 0.2) is 0 Å². The molecule has 0 heterocycles. The molecule has 0 aromatic carbocycles. The van der Waals surface area contributed by atoms with Gasteiger partial charge >= 0.3 is 5.97 Å². The zero-order valence-corrected chi connectivity index (χ0v) is 10.6. The van der Waals surface area contributed by atoms with Crippen LogP contribution in [0.5, 0.6) is 0 Å². The minimum absolute atomic E-state index is 0.321. The number of carbonyl (C=O) groups is 1. The molecule has 0 amide bonds. The summed E-state index contributed by atoms with van der Waals surface area (Å²) in [7, 11) is 3.08. The zero-order chi connectivity index (χ0) is 12.6. The van der Waals surface area contributed by atoms with E-state index in [0.29, 0.717) is 12.8 Å². The van der Waals surface area contributed by atoms with E-state index in [0.717, 1.165) is 0 Å². The van der Waals surface area contributed by atoms with Gasteiger partial charge in [-0.25, -0.2) is 0 Å². The van der Waals surface area contributed by atoms with Crippen LogP contribution in [0.3, 0.4) is 0 Å². The number of methoxy groups -OCH3 is 2. The topological polar surface area (TPSA) is 70.8 Å². The van der Waals surface area contributed by atoms with Crippen molar-refractivity contribution in [2.45, 2.75) is 50.5 Å². The molecular formula is C11H21NO4. The zero-order valence-electron chi connectivity index (χ0n) is 10.6. The molecule has 0 atom stereocenters. The number of rotatable bonds is 3. The van der Waals surface area contributed by atoms with Crippen LogP contribution in [-0.2, 0) is 19.0 Å². The van der Waals surface area contributed by atoms with Crippen molar-refractivity contribution in [1.82, 2.24) is 0 Å². The predicted octanol–water partition coefficient (Wildman–Crippen LogP) is 0.808. The first-order valence-corrected chi connectivity index (χ1v) is 5.29. The molecule has 0 aromatic heterocycles. The molecule has 5 heteroatoms. The lowest BCUT2D eigenvalue weighted by atomic mass is 9.72. The van der Waals surface area contributed by atoms with E-state index in [4.69, 9.17) is 19.9 Å². The molecule has 1 aliphatic carbocycles. The van der Waals surface area contributed by atoms with Gasteiger partial charge in [0.05, 0.1) is 0 Å². The van der Waals surface area contributed by atoms with E-state index in [1.54, 1.807) is 0 Å². The summed E-state index contributed by atoms with van der Waals surface area (Å²) in [6.07, 6.45) is 0.643. The van der Waals surface area contributed by atoms with Crippen molar-refractivity contribution in [1.29, 1.82) is 0 Å². The van der Waals surface area contributed by atoms with Crippen molar-refractivity contribution in [2.24, 2.45) is 5.73 Å². The maximum Gasteiger partial charge on any atom is 0.327 e. The lowest BCUT2D eigenvalue weighted by Crippen LogP contribution is -2.68. The second-order valence-corrected chi connectivity index (χ2v) is 5.33. The van der Waals surface area contributed by atoms with Gasteiger partial charge in [-0.1, -0.05) is 0 Å². The van der Waals surface area contributed by atoms with Crippen molar-refractivity contribution in [3.8, 4) is 0 Å². The van der Waals surface area contributed by atoms with Gasteiger partial charge in [0, 0.05) is 27.1 Å². The number of hydrogen-bond donors (Lipinski definition) is 1. The average Bonchev–Trinajstić information content (AvgIpc) is 2.09. The van der Waals surface area contributed by atoms with Crippen molar-refractivity contribution in [3.05, 3.63) is 0 Å². The van der Waals surface area contributed by atoms with Crippen LogP contribution in [0.2, 0.25) is 0 Å². The third kappa shape index (κ3) is 2.53. The highest BCUT2D eigenvalue weighted by Gasteiger charge is 2.59. The first-order valence-electron chi connectivity index (χ1n) is 5.29. The summed E-state index contributed by atoms with van der Waals surface area (Å²) in [6.45, 7) is 5.44. The van der Waals surface area contributed by atoms with E-state index in [9.17, 15) is 4.79 Å². The molecule has 0 unspecified atom stereocenters. The molecule has 0 radical (unpaired) electrons. The number of esters is 1. The Balaban J connectivity index is 2.61. The van der Waals surface area contributed by atoms with Crippen LogP contribution in [0, 0.1) is 0 Å². The van der Waals surface area contributed by atoms with Crippen LogP contribution < -0.4 is 5.73 Å². The Labute approximate surface area is 96.2 Å². The van der Waals surface area contributed by atoms with Crippen LogP contribution in [0.1, 0.15) is 33.6 Å². The number of nitrogens with two attached hydrogens (primary N) is 1. The average molecular weight is 231 g/mol. The Morgan fingerprint density at radius 3 is 1.94 bits per heavy atom. The van der Waals surface area contributed by atoms with Crippen molar-refractivity contribution in [2.75, 3.05) is 14.2 Å². The standard InChI is InChI=1S/C11H21NO4/c1-9(2,3)16-8(13)10(12)6-11(7-10,14-4)15-5/h6-7,12H2,1-5H3. The van der Waals surface area contributed by atoms with Crippen molar-refractivity contribution in [3.63, 3.8) is 0 Å². The molecule has 0 bridgehead atoms. The van der Waals surface area contributed by atoms with Gasteiger partial charge in [-0.2, -0.15) is 0 Å². The molecular weight excluding hydrogens is 210 g/mol. The Kier molecular flexibility index (Phi) is 3.34. The van der Waals surface area contributed by atoms with Gasteiger partial charge in [0.15, 0.2) is 5.79 Å². The fourth-order valence-electron chi connectivity index (χ4n) is 1.81. The fourth-order valence-corrected chi connectivity index (χ4v) is 1.81. The molecule has 1 saturated carbocycles. The molecule has 0 spiro atoms. The van der Waals surface area contributed by atoms with Gasteiger partial charge in [0.1, 0.15) is 11.1 Å². The molecule has 1 fully saturated rings. The van der Waals surface area contributed by atoms with Gasteiger partial charge in [-0.05, 0) is 20.8 Å². The van der Waals surface area contributed by atoms with Gasteiger partial charge in [-0.15, -0.1) is 0 Å². The maximum atomic E-state index is 11.8. The lowest BCUT2D eigenvalue weighted by molar-refractivity contribution is -0.277. The molecule has 1 aliphatic rings. The molecule has 16 heavy (non-hydrogen) atoms. The van der Waals surface area contributed by atoms with Gasteiger partial charge < -0.3 is 19.9 Å². The predicted molar refractivity (Wildman–Crippen MR) is 58.7 cm³/mol. The fraction of sp³-hybridized carbons (Fsp3) is 0.909. The van der Waals surface area contributed by atoms with Crippen LogP contribution in [0.4, 0.5) is 0 Å². The first-order chi connectivity index (χ1) is 7.16. The van der Waals surface area contributed by atoms with Gasteiger partial charge in [0.25, 0.3) is 0 Å². The van der Waals surface area contributed by atoms with E-state index >= 15 is 0 Å². The molecule has 0 saturated heterocycles. The SMILES string of the molecule is COC1(OC)CC(N)(C(=O)OC(C)(C)C)C1. The van der Waals surface area contributed by atoms with E-state index in [-0.39, 0.29) is 0 Å². The second-order valence-electron chi connectivity index (χ2n) is 5.33. The summed E-state index contributed by atoms with van der Waals surface area (Å²) in [5.41, 5.74) is 4.43. The quantitative estimate of drug-likeness (QED) is 0.575. The Morgan fingerprint density at radius 2 is 1.62 bits per heavy atom. The Bertz CT molecular complexity index is 270. The summed E-state index contributed by atoms with van der Waals surface area (Å²) in [5, 5.41) is 0. The lowest BCUT2D eigenvalue weighted by Gasteiger charge is -2.50. The summed E-state index contributed by atoms with van der Waals surface area (Å²) < 4.78 is 15.6. The third-order valence-corrected chi connectivity index (χ3v) is 2.72. The number of carbonyl (C=O) groups excluding carboxylic acids is 1. The molecule has 0 aromatic rings. The molecule has 2 N–H and O–H groups in total. The van der Waals surface area contributed by atoms with E-state index in [1.165, 1.54) is 14.2 Å². The second kappa shape index (κ2) is 3.98. The van der Waals surface area contributed by atoms with Crippen LogP contribution >= 0.6 is 0 Å². The number of ether oxygens (including phenoxy) is 3. The summed E-state index contributed by atoms with van der Waals surface area (Å²) >= 11 is 0. The smallest absolute Gasteiger partial charge is 0.327 e. The van der Waals surface area contributed by atoms with Crippen molar-refractivity contribution >= 4 is 5.97 Å². The number of hydrogen-bond acceptors (Lipinski definition) is 5. The van der Waals surface area contributed by atoms with Crippen LogP contribution in [0.25, 0.3) is 0 Å². The Morgan fingerprint density at radius 1 is 1.19 bits per heavy atom. The van der Waals surface area contributed by atoms with E-state index < -0.39 is 22.9 Å². The third-order valence-electron chi connectivity index (χ3n) is 2.72. The normalized spacial score (nSPS) is 22.4.